The Morgan fingerprint density at radius 3 is 2.13 bits per heavy atom. The highest BCUT2D eigenvalue weighted by atomic mass is 79.9. The second-order valence-electron chi connectivity index (χ2n) is 5.11. The van der Waals surface area contributed by atoms with Crippen molar-refractivity contribution in [3.8, 4) is 0 Å². The Kier molecular flexibility index (Phi) is 4.24. The summed E-state index contributed by atoms with van der Waals surface area (Å²) in [6.07, 6.45) is 4.67. The molecule has 0 heterocycles. The number of allylic oxidation sites excluding steroid dienone is 3. The fourth-order valence-corrected chi connectivity index (χ4v) is 6.18. The Morgan fingerprint density at radius 1 is 1.27 bits per heavy atom. The third kappa shape index (κ3) is 2.75. The molecule has 1 aliphatic rings. The van der Waals surface area contributed by atoms with Crippen LogP contribution >= 0.6 is 15.9 Å². The van der Waals surface area contributed by atoms with Crippen molar-refractivity contribution in [1.29, 1.82) is 0 Å². The lowest BCUT2D eigenvalue weighted by molar-refractivity contribution is 0.394. The molecule has 3 heteroatoms. The summed E-state index contributed by atoms with van der Waals surface area (Å²) in [7, 11) is -1.12. The van der Waals surface area contributed by atoms with Crippen LogP contribution in [0.1, 0.15) is 13.8 Å². The summed E-state index contributed by atoms with van der Waals surface area (Å²) >= 11 is 3.80. The Balaban J connectivity index is 2.94. The van der Waals surface area contributed by atoms with Crippen molar-refractivity contribution in [2.45, 2.75) is 39.0 Å². The van der Waals surface area contributed by atoms with Crippen LogP contribution in [0.5, 0.6) is 0 Å². The number of likely N-dealkylation sites (N-methyl/N-ethyl adjacent to an activating group) is 1. The quantitative estimate of drug-likeness (QED) is 0.700. The minimum atomic E-state index is -1.12. The molecule has 1 aliphatic carbocycles. The van der Waals surface area contributed by atoms with Gasteiger partial charge in [0.05, 0.1) is 8.07 Å². The van der Waals surface area contributed by atoms with E-state index in [1.807, 2.05) is 0 Å². The molecule has 0 aromatic carbocycles. The van der Waals surface area contributed by atoms with Crippen LogP contribution in [0.4, 0.5) is 0 Å². The maximum Gasteiger partial charge on any atom is 0.0573 e. The van der Waals surface area contributed by atoms with Crippen LogP contribution in [0.2, 0.25) is 25.2 Å². The minimum absolute atomic E-state index is 0.660. The van der Waals surface area contributed by atoms with E-state index in [4.69, 9.17) is 0 Å². The van der Waals surface area contributed by atoms with Gasteiger partial charge in [-0.3, -0.25) is 0 Å². The van der Waals surface area contributed by atoms with Crippen molar-refractivity contribution in [1.82, 2.24) is 4.90 Å². The van der Waals surface area contributed by atoms with Gasteiger partial charge < -0.3 is 4.90 Å². The molecular formula is C12H22BrNSi. The lowest BCUT2D eigenvalue weighted by Gasteiger charge is -2.26. The van der Waals surface area contributed by atoms with Crippen LogP contribution in [0.3, 0.4) is 0 Å². The fourth-order valence-electron chi connectivity index (χ4n) is 2.00. The molecule has 1 atom stereocenters. The third-order valence-corrected chi connectivity index (χ3v) is 6.67. The van der Waals surface area contributed by atoms with Gasteiger partial charge in [0.2, 0.25) is 0 Å². The van der Waals surface area contributed by atoms with E-state index in [0.29, 0.717) is 5.54 Å². The van der Waals surface area contributed by atoms with Crippen molar-refractivity contribution < 1.29 is 0 Å². The van der Waals surface area contributed by atoms with E-state index in [9.17, 15) is 0 Å². The third-order valence-electron chi connectivity index (χ3n) is 3.00. The van der Waals surface area contributed by atoms with Gasteiger partial charge in [0, 0.05) is 28.8 Å². The lowest BCUT2D eigenvalue weighted by atomic mass is 10.4. The van der Waals surface area contributed by atoms with Gasteiger partial charge in [-0.15, -0.1) is 0 Å². The molecule has 0 fully saturated rings. The van der Waals surface area contributed by atoms with Crippen LogP contribution in [-0.2, 0) is 0 Å². The van der Waals surface area contributed by atoms with Crippen LogP contribution in [0.15, 0.2) is 22.3 Å². The van der Waals surface area contributed by atoms with Crippen molar-refractivity contribution >= 4 is 24.0 Å². The minimum Gasteiger partial charge on any atom is -0.371 e. The molecule has 0 amide bonds. The van der Waals surface area contributed by atoms with Crippen LogP contribution in [0.25, 0.3) is 0 Å². The summed E-state index contributed by atoms with van der Waals surface area (Å²) in [6.45, 7) is 13.9. The van der Waals surface area contributed by atoms with Crippen molar-refractivity contribution in [2.24, 2.45) is 0 Å². The summed E-state index contributed by atoms with van der Waals surface area (Å²) in [5.41, 5.74) is 2.06. The summed E-state index contributed by atoms with van der Waals surface area (Å²) in [6, 6.07) is 0. The number of halogens is 1. The van der Waals surface area contributed by atoms with E-state index < -0.39 is 8.07 Å². The van der Waals surface area contributed by atoms with Gasteiger partial charge >= 0.3 is 0 Å². The van der Waals surface area contributed by atoms with Crippen LogP contribution in [-0.4, -0.2) is 26.1 Å². The van der Waals surface area contributed by atoms with Gasteiger partial charge in [0.25, 0.3) is 0 Å². The molecule has 1 unspecified atom stereocenters. The Hall–Kier alpha value is -0.0231. The Labute approximate surface area is 103 Å². The molecule has 86 valence electrons. The van der Waals surface area contributed by atoms with Crippen molar-refractivity contribution in [3.05, 3.63) is 22.3 Å². The number of rotatable bonds is 4. The molecule has 0 spiro atoms. The molecule has 0 N–H and O–H groups in total. The van der Waals surface area contributed by atoms with Gasteiger partial charge in [-0.05, 0) is 19.9 Å². The van der Waals surface area contributed by atoms with Gasteiger partial charge in [-0.2, -0.15) is 0 Å². The first kappa shape index (κ1) is 13.0. The van der Waals surface area contributed by atoms with Gasteiger partial charge in [-0.1, -0.05) is 41.6 Å². The highest BCUT2D eigenvalue weighted by Gasteiger charge is 2.32. The fraction of sp³-hybridized carbons (Fsp3) is 0.667. The largest absolute Gasteiger partial charge is 0.371 e. The second kappa shape index (κ2) is 4.87. The standard InChI is InChI=1S/C12H22BrNSi/c1-6-14(7-2)10-8-9-11(12(10)13)15(3,4)5/h8-9,11H,6-7H2,1-5H3. The highest BCUT2D eigenvalue weighted by molar-refractivity contribution is 9.11. The molecule has 0 saturated carbocycles. The van der Waals surface area contributed by atoms with E-state index in [1.54, 1.807) is 0 Å². The van der Waals surface area contributed by atoms with E-state index in [-0.39, 0.29) is 0 Å². The summed E-state index contributed by atoms with van der Waals surface area (Å²) in [4.78, 5) is 2.42. The number of nitrogens with zero attached hydrogens (tertiary/aromatic N) is 1. The Bertz CT molecular complexity index is 284. The topological polar surface area (TPSA) is 3.24 Å². The summed E-state index contributed by atoms with van der Waals surface area (Å²) in [5.74, 6) is 0. The number of hydrogen-bond donors (Lipinski definition) is 0. The number of hydrogen-bond acceptors (Lipinski definition) is 1. The monoisotopic (exact) mass is 287 g/mol. The summed E-state index contributed by atoms with van der Waals surface area (Å²) < 4.78 is 1.41. The highest BCUT2D eigenvalue weighted by Crippen LogP contribution is 2.42. The normalized spacial score (nSPS) is 21.3. The van der Waals surface area contributed by atoms with Crippen LogP contribution in [0, 0.1) is 0 Å². The molecule has 0 saturated heterocycles. The second-order valence-corrected chi connectivity index (χ2v) is 11.3. The van der Waals surface area contributed by atoms with Crippen LogP contribution < -0.4 is 0 Å². The maximum absolute atomic E-state index is 3.80. The molecular weight excluding hydrogens is 266 g/mol. The zero-order chi connectivity index (χ0) is 11.6. The smallest absolute Gasteiger partial charge is 0.0573 e. The van der Waals surface area contributed by atoms with Crippen molar-refractivity contribution in [2.75, 3.05) is 13.1 Å². The molecule has 0 aromatic rings. The molecule has 15 heavy (non-hydrogen) atoms. The SMILES string of the molecule is CCN(CC)C1=C(Br)C([Si](C)(C)C)C=C1. The first-order valence-electron chi connectivity index (χ1n) is 5.74. The molecule has 0 radical (unpaired) electrons. The van der Waals surface area contributed by atoms with Crippen molar-refractivity contribution in [3.63, 3.8) is 0 Å². The summed E-state index contributed by atoms with van der Waals surface area (Å²) in [5, 5.41) is 0. The molecule has 1 nitrogen and oxygen atoms in total. The predicted molar refractivity (Wildman–Crippen MR) is 75.1 cm³/mol. The Morgan fingerprint density at radius 2 is 1.80 bits per heavy atom. The molecule has 0 bridgehead atoms. The van der Waals surface area contributed by atoms with Gasteiger partial charge in [0.15, 0.2) is 0 Å². The van der Waals surface area contributed by atoms with Gasteiger partial charge in [0.1, 0.15) is 0 Å². The predicted octanol–water partition coefficient (Wildman–Crippen LogP) is 4.21. The zero-order valence-corrected chi connectivity index (χ0v) is 13.1. The zero-order valence-electron chi connectivity index (χ0n) is 10.5. The van der Waals surface area contributed by atoms with E-state index in [2.05, 4.69) is 66.5 Å². The van der Waals surface area contributed by atoms with E-state index in [0.717, 1.165) is 13.1 Å². The average Bonchev–Trinajstić information content (AvgIpc) is 2.50. The lowest BCUT2D eigenvalue weighted by Crippen LogP contribution is -2.27. The molecule has 0 aromatic heterocycles. The first-order chi connectivity index (χ1) is 6.91. The molecule has 0 aliphatic heterocycles. The molecule has 1 rings (SSSR count). The van der Waals surface area contributed by atoms with E-state index >= 15 is 0 Å². The maximum atomic E-state index is 3.80. The average molecular weight is 288 g/mol. The van der Waals surface area contributed by atoms with Gasteiger partial charge in [-0.25, -0.2) is 0 Å². The first-order valence-corrected chi connectivity index (χ1v) is 10.1. The van der Waals surface area contributed by atoms with E-state index in [1.165, 1.54) is 10.2 Å².